The highest BCUT2D eigenvalue weighted by Crippen LogP contribution is 2.43. The first-order valence-electron chi connectivity index (χ1n) is 5.76. The van der Waals surface area contributed by atoms with E-state index in [-0.39, 0.29) is 24.7 Å². The summed E-state index contributed by atoms with van der Waals surface area (Å²) < 4.78 is 26.2. The van der Waals surface area contributed by atoms with Gasteiger partial charge in [0.05, 0.1) is 6.61 Å². The number of phosphoric acid groups is 1. The first-order chi connectivity index (χ1) is 8.21. The van der Waals surface area contributed by atoms with Crippen LogP contribution in [0.5, 0.6) is 0 Å². The van der Waals surface area contributed by atoms with Gasteiger partial charge in [-0.3, -0.25) is 9.36 Å². The number of rotatable bonds is 6. The molecular formula is C10H17BO6P-. The molecule has 1 rings (SSSR count). The Morgan fingerprint density at radius 3 is 2.72 bits per heavy atom. The minimum Gasteiger partial charge on any atom is -0.756 e. The second-order valence-electron chi connectivity index (χ2n) is 4.72. The van der Waals surface area contributed by atoms with Crippen molar-refractivity contribution in [1.29, 1.82) is 0 Å². The molecule has 8 heteroatoms. The van der Waals surface area contributed by atoms with Crippen LogP contribution in [0, 0.1) is 5.92 Å². The third-order valence-electron chi connectivity index (χ3n) is 2.35. The van der Waals surface area contributed by atoms with E-state index in [0.29, 0.717) is 0 Å². The van der Waals surface area contributed by atoms with Gasteiger partial charge >= 0.3 is 0 Å². The van der Waals surface area contributed by atoms with Crippen LogP contribution >= 0.6 is 7.82 Å². The van der Waals surface area contributed by atoms with E-state index in [0.717, 1.165) is 0 Å². The van der Waals surface area contributed by atoms with E-state index in [2.05, 4.69) is 4.52 Å². The summed E-state index contributed by atoms with van der Waals surface area (Å²) in [5, 5.41) is 0. The summed E-state index contributed by atoms with van der Waals surface area (Å²) in [4.78, 5) is 22.8. The molecule has 6 nitrogen and oxygen atoms in total. The highest BCUT2D eigenvalue weighted by molar-refractivity contribution is 7.45. The van der Waals surface area contributed by atoms with Crippen molar-refractivity contribution in [3.63, 3.8) is 0 Å². The van der Waals surface area contributed by atoms with Gasteiger partial charge in [-0.25, -0.2) is 0 Å². The van der Waals surface area contributed by atoms with Gasteiger partial charge in [0, 0.05) is 6.00 Å². The fraction of sp³-hybridized carbons (Fsp3) is 0.900. The Bertz CT molecular complexity index is 347. The van der Waals surface area contributed by atoms with Crippen LogP contribution in [0.4, 0.5) is 0 Å². The van der Waals surface area contributed by atoms with Crippen molar-refractivity contribution in [3.8, 4) is 0 Å². The Balaban J connectivity index is 2.59. The number of carbonyl (C=O) groups excluding carboxylic acids is 1. The van der Waals surface area contributed by atoms with Gasteiger partial charge in [0.2, 0.25) is 0 Å². The average Bonchev–Trinajstić information content (AvgIpc) is 2.56. The Kier molecular flexibility index (Phi) is 5.55. The zero-order valence-electron chi connectivity index (χ0n) is 10.7. The lowest BCUT2D eigenvalue weighted by atomic mass is 9.96. The van der Waals surface area contributed by atoms with Gasteiger partial charge in [-0.05, 0) is 19.3 Å². The summed E-state index contributed by atoms with van der Waals surface area (Å²) in [5.41, 5.74) is 0. The van der Waals surface area contributed by atoms with Gasteiger partial charge in [-0.15, -0.1) is 0 Å². The van der Waals surface area contributed by atoms with Gasteiger partial charge in [0.1, 0.15) is 20.1 Å². The lowest BCUT2D eigenvalue weighted by Gasteiger charge is -2.28. The Hall–Kier alpha value is -0.195. The molecule has 1 aliphatic heterocycles. The molecule has 0 N–H and O–H groups in total. The van der Waals surface area contributed by atoms with Gasteiger partial charge in [-0.1, -0.05) is 13.8 Å². The number of ketones is 1. The topological polar surface area (TPSA) is 84.9 Å². The van der Waals surface area contributed by atoms with Crippen molar-refractivity contribution >= 4 is 21.5 Å². The van der Waals surface area contributed by atoms with Crippen molar-refractivity contribution in [1.82, 2.24) is 0 Å². The molecule has 2 radical (unpaired) electrons. The smallest absolute Gasteiger partial charge is 0.268 e. The first kappa shape index (κ1) is 15.9. The molecule has 1 unspecified atom stereocenters. The predicted octanol–water partition coefficient (Wildman–Crippen LogP) is 0.385. The van der Waals surface area contributed by atoms with Crippen molar-refractivity contribution in [2.45, 2.75) is 45.4 Å². The molecule has 0 aromatic carbocycles. The van der Waals surface area contributed by atoms with Crippen LogP contribution in [0.15, 0.2) is 0 Å². The molecule has 0 aromatic heterocycles. The quantitative estimate of drug-likeness (QED) is 0.514. The SMILES string of the molecule is [B][C@H]1C[C@@H](OP(=O)([O-])OCC(C)C)[C@@H](C(C)=O)O1. The third-order valence-corrected chi connectivity index (χ3v) is 3.35. The molecule has 1 fully saturated rings. The lowest BCUT2D eigenvalue weighted by Crippen LogP contribution is -2.31. The standard InChI is InChI=1S/C10H18BO6P/c1-6(2)5-15-18(13,14)17-8-4-9(11)16-10(8)7(3)12/h6,8-10H,4-5H2,1-3H3,(H,13,14)/p-1/t8-,9-,10-/m1/s1. The molecule has 0 saturated carbocycles. The largest absolute Gasteiger partial charge is 0.756 e. The van der Waals surface area contributed by atoms with Crippen molar-refractivity contribution < 1.29 is 28.0 Å². The number of Topliss-reactive ketones (excluding diaryl/α,β-unsaturated/α-hetero) is 1. The summed E-state index contributed by atoms with van der Waals surface area (Å²) in [7, 11) is 1.07. The lowest BCUT2D eigenvalue weighted by molar-refractivity contribution is -0.231. The van der Waals surface area contributed by atoms with Crippen molar-refractivity contribution in [2.75, 3.05) is 6.61 Å². The number of hydrogen-bond acceptors (Lipinski definition) is 6. The molecule has 0 spiro atoms. The molecule has 0 aliphatic carbocycles. The Morgan fingerprint density at radius 1 is 1.61 bits per heavy atom. The third kappa shape index (κ3) is 4.82. The van der Waals surface area contributed by atoms with Crippen LogP contribution in [0.3, 0.4) is 0 Å². The minimum absolute atomic E-state index is 0.0329. The maximum Gasteiger partial charge on any atom is 0.268 e. The van der Waals surface area contributed by atoms with E-state index < -0.39 is 26.0 Å². The molecule has 0 aromatic rings. The van der Waals surface area contributed by atoms with E-state index in [1.54, 1.807) is 0 Å². The van der Waals surface area contributed by atoms with Crippen molar-refractivity contribution in [2.24, 2.45) is 5.92 Å². The summed E-state index contributed by atoms with van der Waals surface area (Å²) in [6, 6.07) is -0.700. The molecule has 0 amide bonds. The summed E-state index contributed by atoms with van der Waals surface area (Å²) >= 11 is 0. The Labute approximate surface area is 108 Å². The number of hydrogen-bond donors (Lipinski definition) is 0. The second kappa shape index (κ2) is 6.30. The van der Waals surface area contributed by atoms with E-state index in [1.165, 1.54) is 6.92 Å². The molecule has 1 heterocycles. The zero-order chi connectivity index (χ0) is 13.9. The Morgan fingerprint density at radius 2 is 2.22 bits per heavy atom. The van der Waals surface area contributed by atoms with E-state index >= 15 is 0 Å². The fourth-order valence-corrected chi connectivity index (χ4v) is 2.65. The van der Waals surface area contributed by atoms with Crippen LogP contribution < -0.4 is 4.89 Å². The summed E-state index contributed by atoms with van der Waals surface area (Å²) in [6.07, 6.45) is -1.72. The van der Waals surface area contributed by atoms with Crippen LogP contribution in [0.2, 0.25) is 0 Å². The minimum atomic E-state index is -4.44. The van der Waals surface area contributed by atoms with E-state index in [1.807, 2.05) is 13.8 Å². The second-order valence-corrected chi connectivity index (χ2v) is 6.09. The van der Waals surface area contributed by atoms with Crippen LogP contribution in [-0.2, 0) is 23.1 Å². The number of carbonyl (C=O) groups is 1. The van der Waals surface area contributed by atoms with Crippen LogP contribution in [0.1, 0.15) is 27.2 Å². The monoisotopic (exact) mass is 275 g/mol. The molecule has 1 aliphatic rings. The molecule has 4 atom stereocenters. The molecule has 1 saturated heterocycles. The highest BCUT2D eigenvalue weighted by Gasteiger charge is 2.38. The number of ether oxygens (including phenoxy) is 1. The zero-order valence-corrected chi connectivity index (χ0v) is 11.6. The first-order valence-corrected chi connectivity index (χ1v) is 7.23. The van der Waals surface area contributed by atoms with E-state index in [9.17, 15) is 14.3 Å². The van der Waals surface area contributed by atoms with Crippen LogP contribution in [-0.4, -0.2) is 38.4 Å². The van der Waals surface area contributed by atoms with Crippen LogP contribution in [0.25, 0.3) is 0 Å². The van der Waals surface area contributed by atoms with Crippen molar-refractivity contribution in [3.05, 3.63) is 0 Å². The van der Waals surface area contributed by atoms with Gasteiger partial charge in [0.15, 0.2) is 5.78 Å². The summed E-state index contributed by atoms with van der Waals surface area (Å²) in [5.74, 6) is -0.265. The molecule has 0 bridgehead atoms. The van der Waals surface area contributed by atoms with E-state index in [4.69, 9.17) is 17.1 Å². The highest BCUT2D eigenvalue weighted by atomic mass is 31.2. The van der Waals surface area contributed by atoms with Gasteiger partial charge in [-0.2, -0.15) is 0 Å². The molecule has 18 heavy (non-hydrogen) atoms. The van der Waals surface area contributed by atoms with Gasteiger partial charge < -0.3 is 18.7 Å². The summed E-state index contributed by atoms with van der Waals surface area (Å²) in [6.45, 7) is 4.95. The van der Waals surface area contributed by atoms with Gasteiger partial charge in [0.25, 0.3) is 7.82 Å². The maximum absolute atomic E-state index is 11.5. The molecular weight excluding hydrogens is 258 g/mol. The predicted molar refractivity (Wildman–Crippen MR) is 63.0 cm³/mol. The molecule has 102 valence electrons. The maximum atomic E-state index is 11.5. The normalized spacial score (nSPS) is 31.5. The number of phosphoric ester groups is 1. The average molecular weight is 275 g/mol. The fourth-order valence-electron chi connectivity index (χ4n) is 1.58.